The first-order valence-corrected chi connectivity index (χ1v) is 7.42. The average Bonchev–Trinajstić information content (AvgIpc) is 2.35. The number of ether oxygens (including phenoxy) is 2. The molecular formula is C14H15BrF2N2O2. The molecule has 2 atom stereocenters. The highest BCUT2D eigenvalue weighted by molar-refractivity contribution is 9.09. The highest BCUT2D eigenvalue weighted by Crippen LogP contribution is 2.57. The summed E-state index contributed by atoms with van der Waals surface area (Å²) in [6, 6.07) is 6.43. The molecular weight excluding hydrogens is 346 g/mol. The minimum absolute atomic E-state index is 0.00380. The zero-order chi connectivity index (χ0) is 15.5. The third-order valence-electron chi connectivity index (χ3n) is 3.76. The van der Waals surface area contributed by atoms with Gasteiger partial charge in [-0.05, 0) is 35.8 Å². The molecule has 0 saturated heterocycles. The fourth-order valence-electron chi connectivity index (χ4n) is 3.00. The zero-order valence-corrected chi connectivity index (χ0v) is 13.2. The minimum Gasteiger partial charge on any atom is -0.487 e. The number of aliphatic imine (C=N–C) groups is 1. The number of hydrogen-bond donors (Lipinski definition) is 1. The van der Waals surface area contributed by atoms with Crippen molar-refractivity contribution in [2.75, 3.05) is 0 Å². The molecule has 21 heavy (non-hydrogen) atoms. The summed E-state index contributed by atoms with van der Waals surface area (Å²) >= 11 is 2.88. The number of halogens is 3. The summed E-state index contributed by atoms with van der Waals surface area (Å²) in [4.78, 5) is 4.03. The number of fused-ring (bicyclic) bond motifs is 2. The van der Waals surface area contributed by atoms with Crippen molar-refractivity contribution in [2.24, 2.45) is 10.7 Å². The lowest BCUT2D eigenvalue weighted by Crippen LogP contribution is -2.60. The molecule has 0 fully saturated rings. The normalized spacial score (nSPS) is 32.6. The van der Waals surface area contributed by atoms with Gasteiger partial charge in [0, 0.05) is 12.0 Å². The largest absolute Gasteiger partial charge is 0.487 e. The summed E-state index contributed by atoms with van der Waals surface area (Å²) in [6.07, 6.45) is -0.00380. The van der Waals surface area contributed by atoms with Crippen LogP contribution in [-0.4, -0.2) is 22.6 Å². The minimum atomic E-state index is -3.27. The Morgan fingerprint density at radius 1 is 1.33 bits per heavy atom. The molecule has 7 heteroatoms. The third kappa shape index (κ3) is 2.01. The van der Waals surface area contributed by atoms with Crippen LogP contribution in [0.2, 0.25) is 0 Å². The lowest BCUT2D eigenvalue weighted by molar-refractivity contribution is -0.157. The van der Waals surface area contributed by atoms with Gasteiger partial charge in [0.05, 0.1) is 0 Å². The van der Waals surface area contributed by atoms with Gasteiger partial charge in [-0.3, -0.25) is 0 Å². The SMILES string of the molecule is CC1(C)C[C@@]2(N=C(N)OC(Br)C2(F)F)c2ccccc2O1. The Morgan fingerprint density at radius 2 is 2.00 bits per heavy atom. The first-order valence-electron chi connectivity index (χ1n) is 6.50. The van der Waals surface area contributed by atoms with Crippen LogP contribution in [-0.2, 0) is 10.3 Å². The molecule has 0 aliphatic carbocycles. The number of nitrogens with zero attached hydrogens (tertiary/aromatic N) is 1. The number of nitrogens with two attached hydrogens (primary N) is 1. The van der Waals surface area contributed by atoms with Crippen molar-refractivity contribution in [1.29, 1.82) is 0 Å². The molecule has 4 nitrogen and oxygen atoms in total. The maximum absolute atomic E-state index is 14.9. The van der Waals surface area contributed by atoms with Crippen molar-refractivity contribution < 1.29 is 18.3 Å². The summed E-state index contributed by atoms with van der Waals surface area (Å²) in [5.74, 6) is -2.88. The highest BCUT2D eigenvalue weighted by atomic mass is 79.9. The topological polar surface area (TPSA) is 56.8 Å². The summed E-state index contributed by atoms with van der Waals surface area (Å²) in [5.41, 5.74) is 3.34. The van der Waals surface area contributed by atoms with Crippen molar-refractivity contribution in [3.63, 3.8) is 0 Å². The van der Waals surface area contributed by atoms with Crippen molar-refractivity contribution in [2.45, 2.75) is 42.3 Å². The van der Waals surface area contributed by atoms with E-state index in [9.17, 15) is 8.78 Å². The van der Waals surface area contributed by atoms with Crippen molar-refractivity contribution >= 4 is 22.0 Å². The Hall–Kier alpha value is -1.37. The number of rotatable bonds is 0. The van der Waals surface area contributed by atoms with Gasteiger partial charge in [-0.15, -0.1) is 0 Å². The predicted molar refractivity (Wildman–Crippen MR) is 77.8 cm³/mol. The Kier molecular flexibility index (Phi) is 2.99. The van der Waals surface area contributed by atoms with Crippen LogP contribution in [0.1, 0.15) is 25.8 Å². The van der Waals surface area contributed by atoms with Gasteiger partial charge in [0.25, 0.3) is 6.02 Å². The molecule has 2 heterocycles. The number of benzene rings is 1. The van der Waals surface area contributed by atoms with E-state index in [0.29, 0.717) is 11.3 Å². The second kappa shape index (κ2) is 4.32. The van der Waals surface area contributed by atoms with Crippen LogP contribution < -0.4 is 10.5 Å². The molecule has 2 N–H and O–H groups in total. The summed E-state index contributed by atoms with van der Waals surface area (Å²) in [5, 5.41) is -1.54. The standard InChI is InChI=1S/C14H15BrF2N2O2/c1-12(2)7-13(8-5-3-4-6-9(8)21-12)14(16,17)10(15)20-11(18)19-13/h3-6,10H,7H2,1-2H3,(H2,18,19)/t10?,13-/m1/s1. The van der Waals surface area contributed by atoms with Gasteiger partial charge < -0.3 is 15.2 Å². The van der Waals surface area contributed by atoms with Crippen LogP contribution in [0.15, 0.2) is 29.3 Å². The molecule has 1 spiro atoms. The third-order valence-corrected chi connectivity index (χ3v) is 4.52. The molecule has 0 radical (unpaired) electrons. The maximum Gasteiger partial charge on any atom is 0.323 e. The molecule has 1 unspecified atom stereocenters. The van der Waals surface area contributed by atoms with E-state index in [1.54, 1.807) is 38.1 Å². The van der Waals surface area contributed by atoms with Crippen LogP contribution in [0.4, 0.5) is 8.78 Å². The van der Waals surface area contributed by atoms with E-state index in [-0.39, 0.29) is 12.4 Å². The molecule has 0 bridgehead atoms. The van der Waals surface area contributed by atoms with E-state index >= 15 is 0 Å². The molecule has 2 aliphatic rings. The van der Waals surface area contributed by atoms with Crippen molar-refractivity contribution in [3.8, 4) is 5.75 Å². The van der Waals surface area contributed by atoms with Crippen LogP contribution >= 0.6 is 15.9 Å². The molecule has 1 aromatic rings. The molecule has 0 amide bonds. The van der Waals surface area contributed by atoms with Crippen LogP contribution in [0.3, 0.4) is 0 Å². The monoisotopic (exact) mass is 360 g/mol. The highest BCUT2D eigenvalue weighted by Gasteiger charge is 2.67. The van der Waals surface area contributed by atoms with Crippen molar-refractivity contribution in [3.05, 3.63) is 29.8 Å². The summed E-state index contributed by atoms with van der Waals surface area (Å²) in [7, 11) is 0. The van der Waals surface area contributed by atoms with Crippen LogP contribution in [0.5, 0.6) is 5.75 Å². The van der Waals surface area contributed by atoms with Gasteiger partial charge in [-0.2, -0.15) is 8.78 Å². The van der Waals surface area contributed by atoms with Gasteiger partial charge in [0.1, 0.15) is 11.4 Å². The molecule has 1 aromatic carbocycles. The average molecular weight is 361 g/mol. The second-order valence-corrected chi connectivity index (χ2v) is 6.73. The van der Waals surface area contributed by atoms with E-state index in [1.165, 1.54) is 0 Å². The van der Waals surface area contributed by atoms with Gasteiger partial charge >= 0.3 is 5.92 Å². The number of hydrogen-bond acceptors (Lipinski definition) is 4. The quantitative estimate of drug-likeness (QED) is 0.723. The zero-order valence-electron chi connectivity index (χ0n) is 11.6. The predicted octanol–water partition coefficient (Wildman–Crippen LogP) is 3.14. The molecule has 0 aromatic heterocycles. The van der Waals surface area contributed by atoms with Gasteiger partial charge in [-0.25, -0.2) is 4.99 Å². The Morgan fingerprint density at radius 3 is 2.71 bits per heavy atom. The molecule has 0 saturated carbocycles. The first-order chi connectivity index (χ1) is 9.68. The fraction of sp³-hybridized carbons (Fsp3) is 0.500. The van der Waals surface area contributed by atoms with Crippen LogP contribution in [0.25, 0.3) is 0 Å². The fourth-order valence-corrected chi connectivity index (χ4v) is 3.57. The summed E-state index contributed by atoms with van der Waals surface area (Å²) in [6.45, 7) is 3.51. The number of amidine groups is 1. The second-order valence-electron chi connectivity index (χ2n) is 5.90. The van der Waals surface area contributed by atoms with E-state index in [1.807, 2.05) is 0 Å². The van der Waals surface area contributed by atoms with Gasteiger partial charge in [0.2, 0.25) is 5.01 Å². The van der Waals surface area contributed by atoms with E-state index in [0.717, 1.165) is 0 Å². The van der Waals surface area contributed by atoms with Crippen LogP contribution in [0, 0.1) is 0 Å². The van der Waals surface area contributed by atoms with Gasteiger partial charge in [-0.1, -0.05) is 18.2 Å². The molecule has 2 aliphatic heterocycles. The molecule has 114 valence electrons. The maximum atomic E-state index is 14.9. The Labute approximate surface area is 129 Å². The first kappa shape index (κ1) is 14.6. The van der Waals surface area contributed by atoms with E-state index in [4.69, 9.17) is 15.2 Å². The lowest BCUT2D eigenvalue weighted by Gasteiger charge is -2.49. The number of alkyl halides is 3. The molecule has 3 rings (SSSR count). The smallest absolute Gasteiger partial charge is 0.323 e. The Bertz CT molecular complexity index is 621. The van der Waals surface area contributed by atoms with E-state index in [2.05, 4.69) is 20.9 Å². The van der Waals surface area contributed by atoms with E-state index < -0.39 is 22.1 Å². The Balaban J connectivity index is 2.30. The summed E-state index contributed by atoms with van der Waals surface area (Å²) < 4.78 is 40.6. The van der Waals surface area contributed by atoms with Crippen molar-refractivity contribution in [1.82, 2.24) is 0 Å². The lowest BCUT2D eigenvalue weighted by atomic mass is 9.73. The number of para-hydroxylation sites is 1. The van der Waals surface area contributed by atoms with Gasteiger partial charge in [0.15, 0.2) is 5.54 Å².